The highest BCUT2D eigenvalue weighted by molar-refractivity contribution is 5.76. The largest absolute Gasteiger partial charge is 0.295 e. The first-order valence-corrected chi connectivity index (χ1v) is 6.41. The Balaban J connectivity index is 2.01. The van der Waals surface area contributed by atoms with Gasteiger partial charge in [0.1, 0.15) is 0 Å². The van der Waals surface area contributed by atoms with Crippen LogP contribution in [0.1, 0.15) is 9.68 Å². The van der Waals surface area contributed by atoms with Crippen LogP contribution in [0.3, 0.4) is 0 Å². The van der Waals surface area contributed by atoms with E-state index in [1.165, 1.54) is 4.57 Å². The van der Waals surface area contributed by atoms with Crippen molar-refractivity contribution in [1.82, 2.24) is 18.9 Å². The van der Waals surface area contributed by atoms with Crippen molar-refractivity contribution in [2.24, 2.45) is 6.98 Å². The number of rotatable bonds is 0. The number of aromatic nitrogens is 5. The molecule has 0 radical (unpaired) electrons. The Labute approximate surface area is 119 Å². The van der Waals surface area contributed by atoms with Crippen LogP contribution in [0.15, 0.2) is 42.9 Å². The Morgan fingerprint density at radius 1 is 1.35 bits per heavy atom. The quantitative estimate of drug-likeness (QED) is 0.398. The van der Waals surface area contributed by atoms with Crippen molar-refractivity contribution in [2.45, 2.75) is 6.54 Å². The molecule has 4 aromatic heterocycles. The van der Waals surface area contributed by atoms with Gasteiger partial charge in [0.15, 0.2) is 5.65 Å². The van der Waals surface area contributed by atoms with Crippen molar-refractivity contribution in [3.8, 4) is 11.4 Å². The molecule has 20 heavy (non-hydrogen) atoms. The van der Waals surface area contributed by atoms with Gasteiger partial charge in [-0.2, -0.15) is 4.98 Å². The van der Waals surface area contributed by atoms with E-state index in [0.29, 0.717) is 18.0 Å². The van der Waals surface area contributed by atoms with Crippen LogP contribution < -0.4 is 4.57 Å². The van der Waals surface area contributed by atoms with Crippen LogP contribution in [-0.2, 0) is 13.5 Å². The first-order valence-electron chi connectivity index (χ1n) is 7.91. The van der Waals surface area contributed by atoms with E-state index in [0.717, 1.165) is 22.4 Å². The van der Waals surface area contributed by atoms with Gasteiger partial charge in [-0.3, -0.25) is 4.98 Å². The van der Waals surface area contributed by atoms with Crippen LogP contribution in [0, 0.1) is 0 Å². The summed E-state index contributed by atoms with van der Waals surface area (Å²) in [6, 6.07) is 7.55. The predicted octanol–water partition coefficient (Wildman–Crippen LogP) is 1.54. The van der Waals surface area contributed by atoms with Crippen molar-refractivity contribution in [3.63, 3.8) is 0 Å². The van der Waals surface area contributed by atoms with Gasteiger partial charge >= 0.3 is 0 Å². The highest BCUT2D eigenvalue weighted by Crippen LogP contribution is 2.29. The molecule has 0 saturated carbocycles. The van der Waals surface area contributed by atoms with Crippen molar-refractivity contribution in [3.05, 3.63) is 48.4 Å². The van der Waals surface area contributed by atoms with E-state index in [2.05, 4.69) is 9.97 Å². The highest BCUT2D eigenvalue weighted by atomic mass is 15.3. The molecule has 0 fully saturated rings. The number of aryl methyl sites for hydroxylation is 1. The fraction of sp³-hybridized carbons (Fsp3) is 0.133. The Morgan fingerprint density at radius 3 is 3.30 bits per heavy atom. The fourth-order valence-corrected chi connectivity index (χ4v) is 3.05. The van der Waals surface area contributed by atoms with E-state index in [-0.39, 0.29) is 0 Å². The van der Waals surface area contributed by atoms with E-state index in [1.807, 2.05) is 39.4 Å². The van der Waals surface area contributed by atoms with Gasteiger partial charge in [-0.25, -0.2) is 13.5 Å². The number of nitrogens with zero attached hydrogens (tertiary/aromatic N) is 5. The predicted molar refractivity (Wildman–Crippen MR) is 74.2 cm³/mol. The van der Waals surface area contributed by atoms with Crippen molar-refractivity contribution in [1.29, 1.82) is 0 Å². The number of imidazole rings is 2. The number of fused-ring (bicyclic) bond motifs is 7. The molecule has 4 aromatic rings. The van der Waals surface area contributed by atoms with Crippen LogP contribution in [0.4, 0.5) is 0 Å². The Morgan fingerprint density at radius 2 is 2.35 bits per heavy atom. The fourth-order valence-electron chi connectivity index (χ4n) is 3.05. The topological polar surface area (TPSA) is 39.0 Å². The average Bonchev–Trinajstić information content (AvgIpc) is 3.12. The van der Waals surface area contributed by atoms with Gasteiger partial charge in [0, 0.05) is 18.0 Å². The third-order valence-electron chi connectivity index (χ3n) is 3.89. The summed E-state index contributed by atoms with van der Waals surface area (Å²) in [5.74, 6) is 0.665. The van der Waals surface area contributed by atoms with Gasteiger partial charge in [-0.15, -0.1) is 0 Å². The second kappa shape index (κ2) is 3.25. The molecule has 0 aliphatic carbocycles. The molecule has 0 spiro atoms. The molecule has 1 aliphatic heterocycles. The van der Waals surface area contributed by atoms with E-state index < -0.39 is 6.98 Å². The molecule has 1 aliphatic rings. The molecule has 0 saturated heterocycles. The maximum atomic E-state index is 7.97. The maximum Gasteiger partial charge on any atom is 0.295 e. The molecule has 96 valence electrons. The molecule has 5 heterocycles. The Hall–Kier alpha value is -2.69. The smallest absolute Gasteiger partial charge is 0.264 e. The summed E-state index contributed by atoms with van der Waals surface area (Å²) in [5.41, 5.74) is 3.93. The van der Waals surface area contributed by atoms with Gasteiger partial charge in [0.25, 0.3) is 11.3 Å². The lowest BCUT2D eigenvalue weighted by Gasteiger charge is -1.95. The minimum absolute atomic E-state index is 0.480. The molecule has 5 nitrogen and oxygen atoms in total. The second-order valence-corrected chi connectivity index (χ2v) is 4.97. The van der Waals surface area contributed by atoms with Crippen LogP contribution in [-0.4, -0.2) is 18.9 Å². The lowest BCUT2D eigenvalue weighted by Crippen LogP contribution is -2.32. The molecule has 5 rings (SSSR count). The number of hydrogen-bond donors (Lipinski definition) is 0. The van der Waals surface area contributed by atoms with Gasteiger partial charge < -0.3 is 0 Å². The zero-order valence-corrected chi connectivity index (χ0v) is 10.5. The molecule has 0 aromatic carbocycles. The molecule has 0 amide bonds. The van der Waals surface area contributed by atoms with Crippen LogP contribution >= 0.6 is 0 Å². The summed E-state index contributed by atoms with van der Waals surface area (Å²) >= 11 is 0. The SMILES string of the molecule is [2H]C([2H])([2H])n1c2[n+](c3c1nc1ccccn13)Cc1cnccc1-2. The minimum atomic E-state index is -2.30. The van der Waals surface area contributed by atoms with Gasteiger partial charge in [0.05, 0.1) is 29.4 Å². The molecule has 0 unspecified atom stereocenters. The summed E-state index contributed by atoms with van der Waals surface area (Å²) in [6.45, 7) is -1.71. The number of hydrogen-bond acceptors (Lipinski definition) is 2. The molecular formula is C15H12N5+. The summed E-state index contributed by atoms with van der Waals surface area (Å²) in [6.07, 6.45) is 5.39. The zero-order valence-electron chi connectivity index (χ0n) is 13.5. The Kier molecular flexibility index (Phi) is 1.27. The lowest BCUT2D eigenvalue weighted by molar-refractivity contribution is -0.648. The maximum absolute atomic E-state index is 7.97. The van der Waals surface area contributed by atoms with Crippen LogP contribution in [0.25, 0.3) is 28.3 Å². The molecular weight excluding hydrogens is 250 g/mol. The molecule has 0 atom stereocenters. The van der Waals surface area contributed by atoms with Gasteiger partial charge in [-0.05, 0) is 18.2 Å². The third kappa shape index (κ3) is 1.02. The van der Waals surface area contributed by atoms with Crippen molar-refractivity contribution < 1.29 is 8.68 Å². The van der Waals surface area contributed by atoms with E-state index in [9.17, 15) is 0 Å². The molecule has 0 bridgehead atoms. The zero-order chi connectivity index (χ0) is 15.8. The van der Waals surface area contributed by atoms with E-state index in [4.69, 9.17) is 4.11 Å². The van der Waals surface area contributed by atoms with Crippen LogP contribution in [0.2, 0.25) is 0 Å². The van der Waals surface area contributed by atoms with Gasteiger partial charge in [0.2, 0.25) is 5.82 Å². The molecule has 0 N–H and O–H groups in total. The first-order chi connectivity index (χ1) is 11.1. The number of pyridine rings is 2. The highest BCUT2D eigenvalue weighted by Gasteiger charge is 2.33. The van der Waals surface area contributed by atoms with Crippen molar-refractivity contribution in [2.75, 3.05) is 0 Å². The summed E-state index contributed by atoms with van der Waals surface area (Å²) in [5, 5.41) is 0. The van der Waals surface area contributed by atoms with Crippen LogP contribution in [0.5, 0.6) is 0 Å². The monoisotopic (exact) mass is 265 g/mol. The normalized spacial score (nSPS) is 15.9. The molecule has 5 heteroatoms. The third-order valence-corrected chi connectivity index (χ3v) is 3.89. The van der Waals surface area contributed by atoms with E-state index >= 15 is 0 Å². The Bertz CT molecular complexity index is 1090. The summed E-state index contributed by atoms with van der Waals surface area (Å²) < 4.78 is 29.2. The lowest BCUT2D eigenvalue weighted by atomic mass is 10.2. The van der Waals surface area contributed by atoms with E-state index in [1.54, 1.807) is 12.4 Å². The van der Waals surface area contributed by atoms with Crippen molar-refractivity contribution >= 4 is 16.9 Å². The summed E-state index contributed by atoms with van der Waals surface area (Å²) in [4.78, 5) is 8.70. The average molecular weight is 265 g/mol. The summed E-state index contributed by atoms with van der Waals surface area (Å²) in [7, 11) is 0. The second-order valence-electron chi connectivity index (χ2n) is 4.97. The van der Waals surface area contributed by atoms with Gasteiger partial charge in [-0.1, -0.05) is 6.07 Å². The minimum Gasteiger partial charge on any atom is -0.264 e. The first kappa shape index (κ1) is 7.79. The standard InChI is InChI=1S/C15H12N5/c1-18-13-15(19-7-3-2-4-12(19)17-13)20-9-10-8-16-6-5-11(10)14(18)20/h2-8H,9H2,1H3/q+1/i1D3.